The number of hydrogen-bond donors (Lipinski definition) is 2. The van der Waals surface area contributed by atoms with E-state index in [9.17, 15) is 0 Å². The number of anilines is 2. The van der Waals surface area contributed by atoms with Crippen molar-refractivity contribution in [2.24, 2.45) is 11.8 Å². The highest BCUT2D eigenvalue weighted by Crippen LogP contribution is 2.30. The lowest BCUT2D eigenvalue weighted by atomic mass is 9.81. The van der Waals surface area contributed by atoms with Gasteiger partial charge in [-0.2, -0.15) is 0 Å². The highest BCUT2D eigenvalue weighted by atomic mass is 15.0. The maximum atomic E-state index is 5.70. The molecule has 1 aromatic rings. The van der Waals surface area contributed by atoms with E-state index in [1.165, 1.54) is 32.1 Å². The zero-order chi connectivity index (χ0) is 13.0. The number of nitrogens with two attached hydrogens (primary N) is 1. The minimum absolute atomic E-state index is 0.735. The van der Waals surface area contributed by atoms with Gasteiger partial charge in [0.1, 0.15) is 5.82 Å². The lowest BCUT2D eigenvalue weighted by Crippen LogP contribution is -2.16. The first-order chi connectivity index (χ1) is 8.65. The summed E-state index contributed by atoms with van der Waals surface area (Å²) in [6, 6.07) is 1.97. The highest BCUT2D eigenvalue weighted by Gasteiger charge is 2.17. The molecule has 0 aliphatic heterocycles. The minimum atomic E-state index is 0.735. The summed E-state index contributed by atoms with van der Waals surface area (Å²) in [6.45, 7) is 5.45. The molecule has 0 saturated heterocycles. The van der Waals surface area contributed by atoms with Crippen LogP contribution in [0.15, 0.2) is 12.3 Å². The molecular formula is C15H25N3. The molecule has 3 nitrogen and oxygen atoms in total. The number of nitrogen functional groups attached to an aromatic ring is 1. The van der Waals surface area contributed by atoms with E-state index in [0.717, 1.165) is 35.4 Å². The Morgan fingerprint density at radius 1 is 1.33 bits per heavy atom. The van der Waals surface area contributed by atoms with Crippen molar-refractivity contribution in [3.05, 3.63) is 17.8 Å². The number of rotatable bonds is 4. The molecule has 1 aliphatic rings. The molecule has 0 radical (unpaired) electrons. The zero-order valence-corrected chi connectivity index (χ0v) is 11.6. The summed E-state index contributed by atoms with van der Waals surface area (Å²) in [5.74, 6) is 2.83. The fraction of sp³-hybridized carbons (Fsp3) is 0.667. The number of nitrogens with zero attached hydrogens (tertiary/aromatic N) is 1. The van der Waals surface area contributed by atoms with Crippen LogP contribution in [-0.4, -0.2) is 11.5 Å². The lowest BCUT2D eigenvalue weighted by molar-refractivity contribution is 0.282. The van der Waals surface area contributed by atoms with Gasteiger partial charge in [-0.3, -0.25) is 0 Å². The molecule has 1 aliphatic carbocycles. The van der Waals surface area contributed by atoms with Crippen LogP contribution in [0.3, 0.4) is 0 Å². The number of aromatic nitrogens is 1. The molecular weight excluding hydrogens is 222 g/mol. The molecule has 3 heteroatoms. The average Bonchev–Trinajstić information content (AvgIpc) is 2.34. The third kappa shape index (κ3) is 3.62. The van der Waals surface area contributed by atoms with Crippen molar-refractivity contribution in [3.8, 4) is 0 Å². The van der Waals surface area contributed by atoms with E-state index in [4.69, 9.17) is 5.73 Å². The minimum Gasteiger partial charge on any atom is -0.397 e. The van der Waals surface area contributed by atoms with E-state index in [0.29, 0.717) is 0 Å². The van der Waals surface area contributed by atoms with Crippen LogP contribution in [0.5, 0.6) is 0 Å². The lowest BCUT2D eigenvalue weighted by Gasteiger charge is -2.26. The van der Waals surface area contributed by atoms with Gasteiger partial charge < -0.3 is 11.1 Å². The van der Waals surface area contributed by atoms with Crippen molar-refractivity contribution in [1.29, 1.82) is 0 Å². The van der Waals surface area contributed by atoms with Gasteiger partial charge in [0.15, 0.2) is 0 Å². The van der Waals surface area contributed by atoms with Gasteiger partial charge in [-0.05, 0) is 36.8 Å². The van der Waals surface area contributed by atoms with E-state index in [1.807, 2.05) is 13.0 Å². The summed E-state index contributed by atoms with van der Waals surface area (Å²) in [4.78, 5) is 4.34. The first-order valence-corrected chi connectivity index (χ1v) is 7.11. The summed E-state index contributed by atoms with van der Waals surface area (Å²) >= 11 is 0. The second-order valence-electron chi connectivity index (χ2n) is 5.78. The molecule has 0 atom stereocenters. The van der Waals surface area contributed by atoms with Crippen molar-refractivity contribution in [1.82, 2.24) is 4.98 Å². The molecule has 0 spiro atoms. The van der Waals surface area contributed by atoms with Gasteiger partial charge >= 0.3 is 0 Å². The van der Waals surface area contributed by atoms with E-state index in [1.54, 1.807) is 6.20 Å². The molecule has 1 saturated carbocycles. The molecule has 0 aromatic carbocycles. The Hall–Kier alpha value is -1.25. The quantitative estimate of drug-likeness (QED) is 0.854. The Morgan fingerprint density at radius 2 is 2.06 bits per heavy atom. The Kier molecular flexibility index (Phi) is 4.45. The van der Waals surface area contributed by atoms with Gasteiger partial charge in [-0.1, -0.05) is 32.6 Å². The van der Waals surface area contributed by atoms with E-state index in [-0.39, 0.29) is 0 Å². The van der Waals surface area contributed by atoms with Gasteiger partial charge in [0.25, 0.3) is 0 Å². The first-order valence-electron chi connectivity index (χ1n) is 7.11. The number of hydrogen-bond acceptors (Lipinski definition) is 3. The molecule has 1 heterocycles. The van der Waals surface area contributed by atoms with Crippen LogP contribution in [0.25, 0.3) is 0 Å². The van der Waals surface area contributed by atoms with Crippen molar-refractivity contribution < 1.29 is 0 Å². The van der Waals surface area contributed by atoms with Crippen LogP contribution in [0.2, 0.25) is 0 Å². The van der Waals surface area contributed by atoms with Crippen molar-refractivity contribution in [2.45, 2.75) is 46.0 Å². The normalized spacial score (nSPS) is 23.9. The maximum Gasteiger partial charge on any atom is 0.128 e. The Balaban J connectivity index is 1.75. The second kappa shape index (κ2) is 6.07. The summed E-state index contributed by atoms with van der Waals surface area (Å²) in [5.41, 5.74) is 7.56. The van der Waals surface area contributed by atoms with Crippen LogP contribution in [-0.2, 0) is 0 Å². The monoisotopic (exact) mass is 247 g/mol. The van der Waals surface area contributed by atoms with Crippen LogP contribution >= 0.6 is 0 Å². The SMILES string of the molecule is Cc1cc(N)cnc1NCCC1CCC(C)CC1. The van der Waals surface area contributed by atoms with E-state index < -0.39 is 0 Å². The highest BCUT2D eigenvalue weighted by molar-refractivity contribution is 5.50. The molecule has 1 aromatic heterocycles. The van der Waals surface area contributed by atoms with Gasteiger partial charge in [-0.25, -0.2) is 4.98 Å². The van der Waals surface area contributed by atoms with Gasteiger partial charge in [-0.15, -0.1) is 0 Å². The summed E-state index contributed by atoms with van der Waals surface area (Å²) in [7, 11) is 0. The number of pyridine rings is 1. The maximum absolute atomic E-state index is 5.70. The van der Waals surface area contributed by atoms with Gasteiger partial charge in [0, 0.05) is 6.54 Å². The van der Waals surface area contributed by atoms with Crippen LogP contribution in [0.4, 0.5) is 11.5 Å². The van der Waals surface area contributed by atoms with Gasteiger partial charge in [0.2, 0.25) is 0 Å². The number of nitrogens with one attached hydrogen (secondary N) is 1. The fourth-order valence-corrected chi connectivity index (χ4v) is 2.79. The molecule has 3 N–H and O–H groups in total. The molecule has 1 fully saturated rings. The van der Waals surface area contributed by atoms with E-state index in [2.05, 4.69) is 17.2 Å². The van der Waals surface area contributed by atoms with Crippen LogP contribution in [0, 0.1) is 18.8 Å². The third-order valence-corrected chi connectivity index (χ3v) is 4.08. The standard InChI is InChI=1S/C15H25N3/c1-11-3-5-13(6-4-11)7-8-17-15-12(2)9-14(16)10-18-15/h9-11,13H,3-8,16H2,1-2H3,(H,17,18). The van der Waals surface area contributed by atoms with Crippen LogP contribution in [0.1, 0.15) is 44.6 Å². The van der Waals surface area contributed by atoms with Crippen molar-refractivity contribution >= 4 is 11.5 Å². The average molecular weight is 247 g/mol. The first kappa shape index (κ1) is 13.2. The topological polar surface area (TPSA) is 50.9 Å². The zero-order valence-electron chi connectivity index (χ0n) is 11.6. The molecule has 2 rings (SSSR count). The van der Waals surface area contributed by atoms with Crippen LogP contribution < -0.4 is 11.1 Å². The summed E-state index contributed by atoms with van der Waals surface area (Å²) in [6.07, 6.45) is 8.59. The summed E-state index contributed by atoms with van der Waals surface area (Å²) in [5, 5.41) is 3.43. The van der Waals surface area contributed by atoms with Crippen molar-refractivity contribution in [2.75, 3.05) is 17.6 Å². The predicted octanol–water partition coefficient (Wildman–Crippen LogP) is 3.60. The third-order valence-electron chi connectivity index (χ3n) is 4.08. The van der Waals surface area contributed by atoms with Gasteiger partial charge in [0.05, 0.1) is 11.9 Å². The molecule has 100 valence electrons. The second-order valence-corrected chi connectivity index (χ2v) is 5.78. The number of aryl methyl sites for hydroxylation is 1. The van der Waals surface area contributed by atoms with Crippen molar-refractivity contribution in [3.63, 3.8) is 0 Å². The smallest absolute Gasteiger partial charge is 0.128 e. The molecule has 0 amide bonds. The Morgan fingerprint density at radius 3 is 2.72 bits per heavy atom. The Labute approximate surface area is 110 Å². The molecule has 18 heavy (non-hydrogen) atoms. The largest absolute Gasteiger partial charge is 0.397 e. The molecule has 0 unspecified atom stereocenters. The molecule has 0 bridgehead atoms. The predicted molar refractivity (Wildman–Crippen MR) is 77.6 cm³/mol. The fourth-order valence-electron chi connectivity index (χ4n) is 2.79. The Bertz CT molecular complexity index is 381. The summed E-state index contributed by atoms with van der Waals surface area (Å²) < 4.78 is 0. The van der Waals surface area contributed by atoms with E-state index >= 15 is 0 Å².